The monoisotopic (exact) mass is 183 g/mol. The number of nitrogens with zero attached hydrogens (tertiary/aromatic N) is 1. The van der Waals surface area contributed by atoms with Crippen LogP contribution in [0.15, 0.2) is 11.3 Å². The summed E-state index contributed by atoms with van der Waals surface area (Å²) in [6.45, 7) is 4.31. The molecule has 0 amide bonds. The molecule has 0 aliphatic heterocycles. The summed E-state index contributed by atoms with van der Waals surface area (Å²) in [5, 5.41) is 8.53. The van der Waals surface area contributed by atoms with E-state index in [9.17, 15) is 4.79 Å². The van der Waals surface area contributed by atoms with Crippen LogP contribution in [0.5, 0.6) is 0 Å². The number of hydrogen-bond acceptors (Lipinski definition) is 3. The Kier molecular flexibility index (Phi) is 6.02. The van der Waals surface area contributed by atoms with E-state index >= 15 is 0 Å². The molecule has 0 aliphatic carbocycles. The Morgan fingerprint density at radius 2 is 2.42 bits per heavy atom. The van der Waals surface area contributed by atoms with Gasteiger partial charge in [0.2, 0.25) is 0 Å². The standard InChI is InChI=1S/C8H13NO2Si/c1-3-4-11-8(10)7(5-9)6-12-2/h6H,3-4,12H2,1-2H3. The minimum Gasteiger partial charge on any atom is -0.462 e. The predicted octanol–water partition coefficient (Wildman–Crippen LogP) is 0.564. The first kappa shape index (κ1) is 10.9. The van der Waals surface area contributed by atoms with Crippen molar-refractivity contribution in [2.75, 3.05) is 6.61 Å². The van der Waals surface area contributed by atoms with Gasteiger partial charge in [0.05, 0.1) is 6.61 Å². The molecule has 0 atom stereocenters. The molecule has 0 fully saturated rings. The minimum atomic E-state index is -0.478. The van der Waals surface area contributed by atoms with Gasteiger partial charge in [-0.3, -0.25) is 0 Å². The summed E-state index contributed by atoms with van der Waals surface area (Å²) in [6, 6.07) is 1.83. The number of rotatable bonds is 4. The van der Waals surface area contributed by atoms with E-state index in [0.717, 1.165) is 6.42 Å². The van der Waals surface area contributed by atoms with Gasteiger partial charge in [-0.05, 0) is 6.42 Å². The summed E-state index contributed by atoms with van der Waals surface area (Å²) in [7, 11) is -0.396. The quantitative estimate of drug-likeness (QED) is 0.277. The Balaban J connectivity index is 4.07. The first-order valence-electron chi connectivity index (χ1n) is 4.03. The van der Waals surface area contributed by atoms with Crippen LogP contribution in [0.4, 0.5) is 0 Å². The van der Waals surface area contributed by atoms with E-state index in [4.69, 9.17) is 10.00 Å². The van der Waals surface area contributed by atoms with E-state index in [1.54, 1.807) is 5.70 Å². The largest absolute Gasteiger partial charge is 0.462 e. The molecule has 0 aliphatic rings. The predicted molar refractivity (Wildman–Crippen MR) is 49.4 cm³/mol. The van der Waals surface area contributed by atoms with Crippen LogP contribution in [0.2, 0.25) is 6.55 Å². The number of hydrogen-bond donors (Lipinski definition) is 0. The highest BCUT2D eigenvalue weighted by Gasteiger charge is 2.07. The van der Waals surface area contributed by atoms with E-state index in [1.807, 2.05) is 19.5 Å². The van der Waals surface area contributed by atoms with E-state index in [-0.39, 0.29) is 5.57 Å². The first-order valence-corrected chi connectivity index (χ1v) is 6.26. The number of nitriles is 1. The summed E-state index contributed by atoms with van der Waals surface area (Å²) in [4.78, 5) is 11.0. The smallest absolute Gasteiger partial charge is 0.348 e. The Bertz CT molecular complexity index is 218. The van der Waals surface area contributed by atoms with Crippen molar-refractivity contribution in [1.29, 1.82) is 5.26 Å². The fourth-order valence-corrected chi connectivity index (χ4v) is 1.32. The van der Waals surface area contributed by atoms with Crippen molar-refractivity contribution >= 4 is 15.5 Å². The highest BCUT2D eigenvalue weighted by atomic mass is 28.2. The maximum atomic E-state index is 11.0. The Labute approximate surface area is 74.8 Å². The summed E-state index contributed by atoms with van der Waals surface area (Å²) in [5.41, 5.74) is 1.87. The van der Waals surface area contributed by atoms with Gasteiger partial charge in [-0.1, -0.05) is 19.2 Å². The Hall–Kier alpha value is -1.08. The molecule has 0 aromatic carbocycles. The van der Waals surface area contributed by atoms with Crippen molar-refractivity contribution < 1.29 is 9.53 Å². The van der Waals surface area contributed by atoms with Gasteiger partial charge in [-0.15, -0.1) is 0 Å². The summed E-state index contributed by atoms with van der Waals surface area (Å²) >= 11 is 0. The third-order valence-corrected chi connectivity index (χ3v) is 2.00. The molecule has 3 nitrogen and oxygen atoms in total. The molecule has 0 spiro atoms. The second-order valence-electron chi connectivity index (χ2n) is 2.27. The molecule has 0 aromatic heterocycles. The van der Waals surface area contributed by atoms with E-state index in [2.05, 4.69) is 0 Å². The summed E-state index contributed by atoms with van der Waals surface area (Å²) in [6.07, 6.45) is 0.786. The van der Waals surface area contributed by atoms with Crippen LogP contribution in [-0.2, 0) is 9.53 Å². The maximum absolute atomic E-state index is 11.0. The second kappa shape index (κ2) is 6.62. The summed E-state index contributed by atoms with van der Waals surface area (Å²) < 4.78 is 4.79. The van der Waals surface area contributed by atoms with Crippen molar-refractivity contribution in [3.05, 3.63) is 11.3 Å². The highest BCUT2D eigenvalue weighted by molar-refractivity contribution is 6.41. The normalized spacial score (nSPS) is 11.6. The number of carbonyl (C=O) groups excluding carboxylic acids is 1. The second-order valence-corrected chi connectivity index (χ2v) is 3.50. The van der Waals surface area contributed by atoms with Gasteiger partial charge < -0.3 is 4.74 Å². The molecule has 0 bridgehead atoms. The van der Waals surface area contributed by atoms with Crippen molar-refractivity contribution in [3.63, 3.8) is 0 Å². The van der Waals surface area contributed by atoms with E-state index in [1.165, 1.54) is 0 Å². The zero-order valence-corrected chi connectivity index (χ0v) is 8.88. The van der Waals surface area contributed by atoms with Crippen molar-refractivity contribution in [2.24, 2.45) is 0 Å². The molecule has 0 rings (SSSR count). The van der Waals surface area contributed by atoms with Crippen LogP contribution in [0.25, 0.3) is 0 Å². The third kappa shape index (κ3) is 3.94. The molecule has 0 heterocycles. The number of esters is 1. The summed E-state index contributed by atoms with van der Waals surface area (Å²) in [5.74, 6) is -0.478. The van der Waals surface area contributed by atoms with Crippen molar-refractivity contribution in [3.8, 4) is 6.07 Å². The molecule has 0 saturated heterocycles. The molecule has 12 heavy (non-hydrogen) atoms. The number of ether oxygens (including phenoxy) is 1. The lowest BCUT2D eigenvalue weighted by atomic mass is 10.3. The number of carbonyl (C=O) groups is 1. The molecular formula is C8H13NO2Si. The lowest BCUT2D eigenvalue weighted by molar-refractivity contribution is -0.138. The zero-order chi connectivity index (χ0) is 9.40. The first-order chi connectivity index (χ1) is 5.76. The van der Waals surface area contributed by atoms with E-state index in [0.29, 0.717) is 6.61 Å². The van der Waals surface area contributed by atoms with Crippen LogP contribution >= 0.6 is 0 Å². The Morgan fingerprint density at radius 1 is 1.75 bits per heavy atom. The van der Waals surface area contributed by atoms with Gasteiger partial charge in [0, 0.05) is 9.52 Å². The van der Waals surface area contributed by atoms with Crippen molar-refractivity contribution in [1.82, 2.24) is 0 Å². The lowest BCUT2D eigenvalue weighted by Gasteiger charge is -1.99. The van der Waals surface area contributed by atoms with Gasteiger partial charge in [-0.25, -0.2) is 4.79 Å². The topological polar surface area (TPSA) is 50.1 Å². The molecule has 4 heteroatoms. The van der Waals surface area contributed by atoms with Crippen LogP contribution in [-0.4, -0.2) is 22.1 Å². The molecule has 0 aromatic rings. The molecule has 0 unspecified atom stereocenters. The van der Waals surface area contributed by atoms with Crippen LogP contribution in [0.3, 0.4) is 0 Å². The Morgan fingerprint density at radius 3 is 2.83 bits per heavy atom. The van der Waals surface area contributed by atoms with Crippen LogP contribution in [0, 0.1) is 11.3 Å². The van der Waals surface area contributed by atoms with Gasteiger partial charge in [-0.2, -0.15) is 5.26 Å². The molecule has 66 valence electrons. The zero-order valence-electron chi connectivity index (χ0n) is 7.46. The molecular weight excluding hydrogens is 170 g/mol. The van der Waals surface area contributed by atoms with Gasteiger partial charge >= 0.3 is 5.97 Å². The maximum Gasteiger partial charge on any atom is 0.348 e. The van der Waals surface area contributed by atoms with Crippen LogP contribution < -0.4 is 0 Å². The third-order valence-electron chi connectivity index (χ3n) is 1.19. The van der Waals surface area contributed by atoms with E-state index < -0.39 is 15.5 Å². The molecule has 0 saturated carbocycles. The molecule has 0 N–H and O–H groups in total. The van der Waals surface area contributed by atoms with Gasteiger partial charge in [0.25, 0.3) is 0 Å². The highest BCUT2D eigenvalue weighted by Crippen LogP contribution is 1.96. The fraction of sp³-hybridized carbons (Fsp3) is 0.500. The molecule has 0 radical (unpaired) electrons. The lowest BCUT2D eigenvalue weighted by Crippen LogP contribution is -2.08. The van der Waals surface area contributed by atoms with Crippen LogP contribution in [0.1, 0.15) is 13.3 Å². The van der Waals surface area contributed by atoms with Crippen molar-refractivity contribution in [2.45, 2.75) is 19.9 Å². The average Bonchev–Trinajstić information content (AvgIpc) is 2.10. The van der Waals surface area contributed by atoms with Gasteiger partial charge in [0.1, 0.15) is 11.6 Å². The SMILES string of the molecule is CCCOC(=O)C(C#N)=C[SiH2]C. The van der Waals surface area contributed by atoms with Gasteiger partial charge in [0.15, 0.2) is 0 Å². The fourth-order valence-electron chi connectivity index (χ4n) is 0.651. The average molecular weight is 183 g/mol. The minimum absolute atomic E-state index is 0.164.